The largest absolute Gasteiger partial charge is 0.357 e. The second-order valence-corrected chi connectivity index (χ2v) is 6.69. The van der Waals surface area contributed by atoms with E-state index in [0.29, 0.717) is 0 Å². The van der Waals surface area contributed by atoms with Gasteiger partial charge in [0.15, 0.2) is 0 Å². The summed E-state index contributed by atoms with van der Waals surface area (Å²) in [6.45, 7) is 7.86. The summed E-state index contributed by atoms with van der Waals surface area (Å²) in [4.78, 5) is 2.56. The molecule has 1 aromatic rings. The van der Waals surface area contributed by atoms with Gasteiger partial charge in [-0.3, -0.25) is 4.68 Å². The summed E-state index contributed by atoms with van der Waals surface area (Å²) in [6.07, 6.45) is 6.66. The highest BCUT2D eigenvalue weighted by molar-refractivity contribution is 5.50. The second-order valence-electron chi connectivity index (χ2n) is 6.69. The topological polar surface area (TPSA) is 33.1 Å². The van der Waals surface area contributed by atoms with Gasteiger partial charge in [0, 0.05) is 38.3 Å². The van der Waals surface area contributed by atoms with Crippen LogP contribution in [-0.4, -0.2) is 28.9 Å². The lowest BCUT2D eigenvalue weighted by Gasteiger charge is -2.24. The Morgan fingerprint density at radius 2 is 2.00 bits per heavy atom. The van der Waals surface area contributed by atoms with Gasteiger partial charge < -0.3 is 10.2 Å². The van der Waals surface area contributed by atoms with Crippen LogP contribution >= 0.6 is 0 Å². The van der Waals surface area contributed by atoms with Crippen LogP contribution in [0.3, 0.4) is 0 Å². The standard InChI is InChI=1S/C16H28N4/c1-12-5-4-9-20(10-8-12)16-15(11-17-14-6-7-14)13(2)18-19(16)3/h12,14,17H,4-11H2,1-3H3. The molecule has 1 aliphatic heterocycles. The van der Waals surface area contributed by atoms with Gasteiger partial charge in [0.05, 0.1) is 5.69 Å². The minimum atomic E-state index is 0.756. The van der Waals surface area contributed by atoms with E-state index in [4.69, 9.17) is 0 Å². The van der Waals surface area contributed by atoms with Crippen LogP contribution in [-0.2, 0) is 13.6 Å². The third-order valence-corrected chi connectivity index (χ3v) is 4.77. The van der Waals surface area contributed by atoms with Crippen molar-refractivity contribution in [3.63, 3.8) is 0 Å². The fourth-order valence-corrected chi connectivity index (χ4v) is 3.30. The van der Waals surface area contributed by atoms with Crippen molar-refractivity contribution < 1.29 is 0 Å². The van der Waals surface area contributed by atoms with E-state index >= 15 is 0 Å². The Morgan fingerprint density at radius 1 is 1.20 bits per heavy atom. The molecule has 1 atom stereocenters. The first-order valence-corrected chi connectivity index (χ1v) is 8.16. The van der Waals surface area contributed by atoms with Crippen molar-refractivity contribution in [1.29, 1.82) is 0 Å². The highest BCUT2D eigenvalue weighted by Gasteiger charge is 2.25. The van der Waals surface area contributed by atoms with E-state index < -0.39 is 0 Å². The molecule has 1 aromatic heterocycles. The van der Waals surface area contributed by atoms with Gasteiger partial charge in [0.1, 0.15) is 5.82 Å². The number of aryl methyl sites for hydroxylation is 2. The van der Waals surface area contributed by atoms with Gasteiger partial charge in [-0.05, 0) is 44.9 Å². The molecule has 1 unspecified atom stereocenters. The number of aromatic nitrogens is 2. The smallest absolute Gasteiger partial charge is 0.131 e. The maximum absolute atomic E-state index is 4.67. The Morgan fingerprint density at radius 3 is 2.75 bits per heavy atom. The molecule has 0 radical (unpaired) electrons. The summed E-state index contributed by atoms with van der Waals surface area (Å²) in [5.74, 6) is 2.21. The molecule has 112 valence electrons. The number of rotatable bonds is 4. The van der Waals surface area contributed by atoms with Crippen molar-refractivity contribution in [3.05, 3.63) is 11.3 Å². The van der Waals surface area contributed by atoms with Crippen LogP contribution < -0.4 is 10.2 Å². The monoisotopic (exact) mass is 276 g/mol. The highest BCUT2D eigenvalue weighted by atomic mass is 15.4. The van der Waals surface area contributed by atoms with Gasteiger partial charge in [-0.1, -0.05) is 6.92 Å². The molecule has 4 nitrogen and oxygen atoms in total. The van der Waals surface area contributed by atoms with Crippen molar-refractivity contribution in [1.82, 2.24) is 15.1 Å². The quantitative estimate of drug-likeness (QED) is 0.917. The maximum Gasteiger partial charge on any atom is 0.131 e. The average Bonchev–Trinajstić information content (AvgIpc) is 3.19. The third-order valence-electron chi connectivity index (χ3n) is 4.77. The predicted octanol–water partition coefficient (Wildman–Crippen LogP) is 2.61. The molecule has 0 aromatic carbocycles. The minimum Gasteiger partial charge on any atom is -0.357 e. The van der Waals surface area contributed by atoms with E-state index in [2.05, 4.69) is 40.9 Å². The average molecular weight is 276 g/mol. The van der Waals surface area contributed by atoms with E-state index in [1.807, 2.05) is 0 Å². The number of hydrogen-bond acceptors (Lipinski definition) is 3. The van der Waals surface area contributed by atoms with E-state index in [-0.39, 0.29) is 0 Å². The molecule has 2 aliphatic rings. The van der Waals surface area contributed by atoms with Gasteiger partial charge >= 0.3 is 0 Å². The Hall–Kier alpha value is -1.03. The van der Waals surface area contributed by atoms with Crippen LogP contribution in [0, 0.1) is 12.8 Å². The Bertz CT molecular complexity index is 461. The zero-order valence-electron chi connectivity index (χ0n) is 13.2. The van der Waals surface area contributed by atoms with Crippen LogP contribution in [0.1, 0.15) is 50.3 Å². The molecule has 0 spiro atoms. The summed E-state index contributed by atoms with van der Waals surface area (Å²) < 4.78 is 2.09. The van der Waals surface area contributed by atoms with Gasteiger partial charge in [0.25, 0.3) is 0 Å². The minimum absolute atomic E-state index is 0.756. The molecule has 0 bridgehead atoms. The lowest BCUT2D eigenvalue weighted by molar-refractivity contribution is 0.520. The molecule has 2 heterocycles. The number of hydrogen-bond donors (Lipinski definition) is 1. The summed E-state index contributed by atoms with van der Waals surface area (Å²) in [7, 11) is 2.09. The molecule has 20 heavy (non-hydrogen) atoms. The first kappa shape index (κ1) is 13.9. The molecule has 1 saturated carbocycles. The first-order valence-electron chi connectivity index (χ1n) is 8.16. The van der Waals surface area contributed by atoms with Gasteiger partial charge in [-0.2, -0.15) is 5.10 Å². The maximum atomic E-state index is 4.67. The molecule has 1 saturated heterocycles. The van der Waals surface area contributed by atoms with Crippen molar-refractivity contribution in [2.45, 2.75) is 58.5 Å². The van der Waals surface area contributed by atoms with Crippen molar-refractivity contribution in [3.8, 4) is 0 Å². The van der Waals surface area contributed by atoms with Crippen molar-refractivity contribution in [2.75, 3.05) is 18.0 Å². The van der Waals surface area contributed by atoms with Crippen LogP contribution in [0.4, 0.5) is 5.82 Å². The highest BCUT2D eigenvalue weighted by Crippen LogP contribution is 2.28. The SMILES string of the molecule is Cc1nn(C)c(N2CCCC(C)CC2)c1CNC1CC1. The zero-order chi connectivity index (χ0) is 14.1. The van der Waals surface area contributed by atoms with Crippen molar-refractivity contribution in [2.24, 2.45) is 13.0 Å². The molecule has 3 rings (SSSR count). The van der Waals surface area contributed by atoms with Crippen LogP contribution in [0.25, 0.3) is 0 Å². The second kappa shape index (κ2) is 5.76. The molecule has 0 amide bonds. The first-order chi connectivity index (χ1) is 9.65. The lowest BCUT2D eigenvalue weighted by Crippen LogP contribution is -2.28. The molecule has 2 fully saturated rings. The van der Waals surface area contributed by atoms with Gasteiger partial charge in [-0.15, -0.1) is 0 Å². The summed E-state index contributed by atoms with van der Waals surface area (Å²) in [5, 5.41) is 8.32. The summed E-state index contributed by atoms with van der Waals surface area (Å²) >= 11 is 0. The van der Waals surface area contributed by atoms with Gasteiger partial charge in [0.2, 0.25) is 0 Å². The molecular weight excluding hydrogens is 248 g/mol. The van der Waals surface area contributed by atoms with E-state index in [1.165, 1.54) is 62.3 Å². The number of anilines is 1. The number of nitrogens with zero attached hydrogens (tertiary/aromatic N) is 3. The summed E-state index contributed by atoms with van der Waals surface area (Å²) in [5.41, 5.74) is 2.60. The molecule has 4 heteroatoms. The third kappa shape index (κ3) is 3.00. The Balaban J connectivity index is 1.78. The fraction of sp³-hybridized carbons (Fsp3) is 0.812. The molecular formula is C16H28N4. The predicted molar refractivity (Wildman–Crippen MR) is 83.0 cm³/mol. The van der Waals surface area contributed by atoms with Crippen molar-refractivity contribution >= 4 is 5.82 Å². The van der Waals surface area contributed by atoms with E-state index in [0.717, 1.165) is 18.5 Å². The molecule has 1 N–H and O–H groups in total. The molecule has 1 aliphatic carbocycles. The van der Waals surface area contributed by atoms with E-state index in [9.17, 15) is 0 Å². The van der Waals surface area contributed by atoms with Crippen LogP contribution in [0.5, 0.6) is 0 Å². The van der Waals surface area contributed by atoms with Gasteiger partial charge in [-0.25, -0.2) is 0 Å². The summed E-state index contributed by atoms with van der Waals surface area (Å²) in [6, 6.07) is 0.756. The zero-order valence-corrected chi connectivity index (χ0v) is 13.2. The Labute approximate surface area is 122 Å². The van der Waals surface area contributed by atoms with Crippen LogP contribution in [0.2, 0.25) is 0 Å². The fourth-order valence-electron chi connectivity index (χ4n) is 3.30. The Kier molecular flexibility index (Phi) is 4.01. The van der Waals surface area contributed by atoms with E-state index in [1.54, 1.807) is 0 Å². The van der Waals surface area contributed by atoms with Crippen LogP contribution in [0.15, 0.2) is 0 Å². The number of nitrogens with one attached hydrogen (secondary N) is 1. The normalized spacial score (nSPS) is 23.9. The lowest BCUT2D eigenvalue weighted by atomic mass is 10.0.